The normalized spacial score (nSPS) is 19.3. The summed E-state index contributed by atoms with van der Waals surface area (Å²) in [5, 5.41) is 6.46. The molecule has 1 N–H and O–H groups in total. The smallest absolute Gasteiger partial charge is 0.318 e. The van der Waals surface area contributed by atoms with Crippen LogP contribution in [0.5, 0.6) is 0 Å². The summed E-state index contributed by atoms with van der Waals surface area (Å²) >= 11 is -1.43. The number of carbonyl (C=O) groups excluding carboxylic acids is 1. The minimum Gasteiger partial charge on any atom is -0.591 e. The van der Waals surface area contributed by atoms with Gasteiger partial charge in [0.1, 0.15) is 28.0 Å². The second kappa shape index (κ2) is 8.44. The van der Waals surface area contributed by atoms with Gasteiger partial charge in [0.2, 0.25) is 0 Å². The van der Waals surface area contributed by atoms with Gasteiger partial charge in [-0.25, -0.2) is 23.1 Å². The van der Waals surface area contributed by atoms with E-state index >= 15 is 0 Å². The second-order valence-electron chi connectivity index (χ2n) is 7.97. The molecule has 12 heteroatoms. The molecule has 9 nitrogen and oxygen atoms in total. The van der Waals surface area contributed by atoms with Gasteiger partial charge in [0, 0.05) is 12.7 Å². The molecule has 30 heavy (non-hydrogen) atoms. The lowest BCUT2D eigenvalue weighted by molar-refractivity contribution is -0.0509. The van der Waals surface area contributed by atoms with Crippen molar-refractivity contribution in [1.82, 2.24) is 24.8 Å². The number of amides is 2. The highest BCUT2D eigenvalue weighted by Crippen LogP contribution is 2.28. The van der Waals surface area contributed by atoms with Gasteiger partial charge in [-0.05, 0) is 26.8 Å². The van der Waals surface area contributed by atoms with Crippen LogP contribution in [0.25, 0.3) is 5.65 Å². The van der Waals surface area contributed by atoms with Crippen molar-refractivity contribution in [3.8, 4) is 0 Å². The largest absolute Gasteiger partial charge is 0.591 e. The number of urea groups is 1. The Balaban J connectivity index is 1.89. The molecule has 0 aliphatic carbocycles. The molecule has 0 spiro atoms. The van der Waals surface area contributed by atoms with Crippen LogP contribution in [0.15, 0.2) is 22.9 Å². The summed E-state index contributed by atoms with van der Waals surface area (Å²) in [5.41, 5.74) is 1.38. The van der Waals surface area contributed by atoms with E-state index in [1.807, 2.05) is 20.8 Å². The Hall–Kier alpha value is -2.31. The van der Waals surface area contributed by atoms with Crippen molar-refractivity contribution in [2.45, 2.75) is 37.5 Å². The third-order valence-corrected chi connectivity index (χ3v) is 5.76. The Morgan fingerprint density at radius 1 is 1.50 bits per heavy atom. The first-order chi connectivity index (χ1) is 14.0. The summed E-state index contributed by atoms with van der Waals surface area (Å²) in [4.78, 5) is 17.6. The van der Waals surface area contributed by atoms with Crippen LogP contribution in [-0.2, 0) is 16.1 Å². The van der Waals surface area contributed by atoms with Gasteiger partial charge in [0.15, 0.2) is 5.65 Å². The average molecular weight is 442 g/mol. The highest BCUT2D eigenvalue weighted by Gasteiger charge is 2.42. The standard InChI is InChI=1S/C18H24F2N6O3S/c1-17(2,3)30(28)23-7-13-8-26-15(24-13)5-12(6-22-26)14(9-29-4)25-11-18(19,20)10-21-16(25)27/h5-8,14H,9-11H2,1-4H3,(H,21,27)/t14-,30?/m1/s1. The lowest BCUT2D eigenvalue weighted by atomic mass is 10.1. The van der Waals surface area contributed by atoms with Crippen LogP contribution in [0.1, 0.15) is 38.1 Å². The maximum absolute atomic E-state index is 13.9. The van der Waals surface area contributed by atoms with Gasteiger partial charge < -0.3 is 19.5 Å². The number of hydrogen-bond donors (Lipinski definition) is 1. The van der Waals surface area contributed by atoms with Gasteiger partial charge in [-0.15, -0.1) is 0 Å². The Kier molecular flexibility index (Phi) is 6.29. The zero-order chi connectivity index (χ0) is 22.1. The van der Waals surface area contributed by atoms with E-state index in [1.54, 1.807) is 12.3 Å². The van der Waals surface area contributed by atoms with Crippen molar-refractivity contribution in [3.63, 3.8) is 0 Å². The molecule has 1 aliphatic heterocycles. The molecule has 1 saturated heterocycles. The molecule has 2 aromatic heterocycles. The fourth-order valence-corrected chi connectivity index (χ4v) is 3.39. The second-order valence-corrected chi connectivity index (χ2v) is 9.90. The third kappa shape index (κ3) is 5.05. The highest BCUT2D eigenvalue weighted by molar-refractivity contribution is 7.91. The molecule has 3 heterocycles. The van der Waals surface area contributed by atoms with Gasteiger partial charge in [-0.3, -0.25) is 0 Å². The number of nitrogens with one attached hydrogen (secondary N) is 1. The minimum atomic E-state index is -3.04. The SMILES string of the molecule is COC[C@H](c1cnn2cc(C=N[S+]([O-])C(C)(C)C)nc2c1)N1CC(F)(F)CNC1=O. The zero-order valence-corrected chi connectivity index (χ0v) is 17.9. The molecule has 164 valence electrons. The van der Waals surface area contributed by atoms with Gasteiger partial charge in [0.05, 0.1) is 38.1 Å². The van der Waals surface area contributed by atoms with Crippen LogP contribution in [-0.4, -0.2) is 73.8 Å². The first-order valence-electron chi connectivity index (χ1n) is 9.23. The summed E-state index contributed by atoms with van der Waals surface area (Å²) in [6, 6.07) is 0.291. The van der Waals surface area contributed by atoms with Crippen LogP contribution >= 0.6 is 0 Å². The number of nitrogens with zero attached hydrogens (tertiary/aromatic N) is 5. The fourth-order valence-electron chi connectivity index (χ4n) is 2.87. The van der Waals surface area contributed by atoms with E-state index in [-0.39, 0.29) is 6.61 Å². The molecule has 0 radical (unpaired) electrons. The number of imidazole rings is 1. The van der Waals surface area contributed by atoms with Crippen molar-refractivity contribution >= 4 is 29.3 Å². The quantitative estimate of drug-likeness (QED) is 0.544. The average Bonchev–Trinajstić information content (AvgIpc) is 3.07. The Labute approximate surface area is 175 Å². The summed E-state index contributed by atoms with van der Waals surface area (Å²) in [6.07, 6.45) is 4.49. The number of aromatic nitrogens is 3. The number of fused-ring (bicyclic) bond motifs is 1. The Morgan fingerprint density at radius 2 is 2.23 bits per heavy atom. The van der Waals surface area contributed by atoms with Crippen molar-refractivity contribution in [2.75, 3.05) is 26.8 Å². The van der Waals surface area contributed by atoms with Gasteiger partial charge in [-0.2, -0.15) is 5.10 Å². The summed E-state index contributed by atoms with van der Waals surface area (Å²) in [5.74, 6) is -3.04. The Morgan fingerprint density at radius 3 is 2.90 bits per heavy atom. The maximum Gasteiger partial charge on any atom is 0.318 e. The van der Waals surface area contributed by atoms with Crippen molar-refractivity contribution in [3.05, 3.63) is 29.7 Å². The third-order valence-electron chi connectivity index (χ3n) is 4.41. The summed E-state index contributed by atoms with van der Waals surface area (Å²) in [6.45, 7) is 4.04. The zero-order valence-electron chi connectivity index (χ0n) is 17.1. The van der Waals surface area contributed by atoms with E-state index in [4.69, 9.17) is 4.74 Å². The monoisotopic (exact) mass is 442 g/mol. The number of alkyl halides is 2. The lowest BCUT2D eigenvalue weighted by Crippen LogP contribution is -2.58. The van der Waals surface area contributed by atoms with E-state index in [2.05, 4.69) is 19.8 Å². The first kappa shape index (κ1) is 22.4. The topological polar surface area (TPSA) is 107 Å². The minimum absolute atomic E-state index is 0.0148. The molecule has 0 bridgehead atoms. The molecule has 0 aromatic carbocycles. The first-order valence-corrected chi connectivity index (χ1v) is 10.3. The van der Waals surface area contributed by atoms with Crippen molar-refractivity contribution in [1.29, 1.82) is 0 Å². The van der Waals surface area contributed by atoms with Gasteiger partial charge in [0.25, 0.3) is 5.92 Å². The van der Waals surface area contributed by atoms with E-state index in [9.17, 15) is 18.1 Å². The van der Waals surface area contributed by atoms with E-state index in [1.165, 1.54) is 24.0 Å². The van der Waals surface area contributed by atoms with Crippen molar-refractivity contribution in [2.24, 2.45) is 4.40 Å². The molecular formula is C18H24F2N6O3S. The molecule has 1 fully saturated rings. The molecule has 3 rings (SSSR count). The van der Waals surface area contributed by atoms with Gasteiger partial charge in [-0.1, -0.05) is 4.40 Å². The lowest BCUT2D eigenvalue weighted by Gasteiger charge is -2.38. The van der Waals surface area contributed by atoms with E-state index < -0.39 is 47.2 Å². The van der Waals surface area contributed by atoms with E-state index in [0.29, 0.717) is 16.9 Å². The molecule has 2 atom stereocenters. The molecule has 1 unspecified atom stereocenters. The molecule has 2 aromatic rings. The number of halogens is 2. The molecule has 1 aliphatic rings. The number of rotatable bonds is 6. The number of hydrogen-bond acceptors (Lipinski definition) is 6. The summed E-state index contributed by atoms with van der Waals surface area (Å²) in [7, 11) is 1.43. The maximum atomic E-state index is 13.9. The van der Waals surface area contributed by atoms with E-state index in [0.717, 1.165) is 4.90 Å². The number of ether oxygens (including phenoxy) is 1. The number of carbonyl (C=O) groups is 1. The predicted octanol–water partition coefficient (Wildman–Crippen LogP) is 1.96. The van der Waals surface area contributed by atoms with Crippen molar-refractivity contribution < 1.29 is 22.9 Å². The molecular weight excluding hydrogens is 418 g/mol. The van der Waals surface area contributed by atoms with Crippen LogP contribution in [0, 0.1) is 0 Å². The molecule has 2 amide bonds. The summed E-state index contributed by atoms with van der Waals surface area (Å²) < 4.78 is 50.0. The van der Waals surface area contributed by atoms with Crippen LogP contribution in [0.3, 0.4) is 0 Å². The van der Waals surface area contributed by atoms with Crippen LogP contribution in [0.4, 0.5) is 13.6 Å². The predicted molar refractivity (Wildman–Crippen MR) is 108 cm³/mol. The van der Waals surface area contributed by atoms with Gasteiger partial charge >= 0.3 is 6.03 Å². The molecule has 0 saturated carbocycles. The number of methoxy groups -OCH3 is 1. The Bertz CT molecular complexity index is 946. The fraction of sp³-hybridized carbons (Fsp3) is 0.556. The van der Waals surface area contributed by atoms with Crippen LogP contribution in [0.2, 0.25) is 0 Å². The highest BCUT2D eigenvalue weighted by atomic mass is 32.2. The van der Waals surface area contributed by atoms with Crippen LogP contribution < -0.4 is 5.32 Å².